The summed E-state index contributed by atoms with van der Waals surface area (Å²) < 4.78 is 0. The first-order valence-corrected chi connectivity index (χ1v) is 8.04. The lowest BCUT2D eigenvalue weighted by atomic mass is 10.2. The van der Waals surface area contributed by atoms with Crippen molar-refractivity contribution in [3.05, 3.63) is 27.9 Å². The van der Waals surface area contributed by atoms with E-state index in [1.54, 1.807) is 22.7 Å². The minimum absolute atomic E-state index is 0.436. The van der Waals surface area contributed by atoms with Gasteiger partial charge in [-0.2, -0.15) is 0 Å². The lowest BCUT2D eigenvalue weighted by molar-refractivity contribution is 0.185. The van der Waals surface area contributed by atoms with E-state index in [1.165, 1.54) is 9.88 Å². The highest BCUT2D eigenvalue weighted by Crippen LogP contribution is 2.30. The molecule has 3 heterocycles. The molecule has 0 bridgehead atoms. The molecule has 0 aliphatic carbocycles. The van der Waals surface area contributed by atoms with Gasteiger partial charge in [-0.05, 0) is 18.4 Å². The molecule has 0 amide bonds. The van der Waals surface area contributed by atoms with Gasteiger partial charge in [0.2, 0.25) is 0 Å². The number of nitrogens with zero attached hydrogens (tertiary/aromatic N) is 2. The molecule has 18 heavy (non-hydrogen) atoms. The molecule has 2 aromatic heterocycles. The molecule has 0 saturated carbocycles. The zero-order chi connectivity index (χ0) is 12.4. The maximum absolute atomic E-state index is 4.79. The molecule has 96 valence electrons. The molecule has 1 aliphatic rings. The minimum atomic E-state index is 0.436. The van der Waals surface area contributed by atoms with Crippen molar-refractivity contribution >= 4 is 22.7 Å². The summed E-state index contributed by atoms with van der Waals surface area (Å²) >= 11 is 3.54. The Labute approximate surface area is 115 Å². The van der Waals surface area contributed by atoms with Crippen molar-refractivity contribution in [1.29, 1.82) is 0 Å². The van der Waals surface area contributed by atoms with Crippen LogP contribution in [0.5, 0.6) is 0 Å². The van der Waals surface area contributed by atoms with Crippen LogP contribution in [0.4, 0.5) is 0 Å². The molecule has 0 aromatic carbocycles. The topological polar surface area (TPSA) is 28.2 Å². The quantitative estimate of drug-likeness (QED) is 0.936. The van der Waals surface area contributed by atoms with Gasteiger partial charge < -0.3 is 5.32 Å². The molecular formula is C13H17N3S2. The fraction of sp³-hybridized carbons (Fsp3) is 0.462. The molecule has 5 heteroatoms. The number of hydrogen-bond acceptors (Lipinski definition) is 5. The first-order valence-electron chi connectivity index (χ1n) is 6.28. The van der Waals surface area contributed by atoms with Crippen LogP contribution in [-0.4, -0.2) is 36.1 Å². The molecule has 3 rings (SSSR count). The Hall–Kier alpha value is -0.750. The molecule has 1 saturated heterocycles. The average molecular weight is 279 g/mol. The Morgan fingerprint density at radius 2 is 2.17 bits per heavy atom. The normalized spacial score (nSPS) is 18.9. The van der Waals surface area contributed by atoms with Gasteiger partial charge >= 0.3 is 0 Å². The zero-order valence-corrected chi connectivity index (χ0v) is 12.1. The van der Waals surface area contributed by atoms with Crippen molar-refractivity contribution in [2.24, 2.45) is 0 Å². The average Bonchev–Trinajstić information content (AvgIpc) is 3.09. The van der Waals surface area contributed by atoms with Crippen LogP contribution >= 0.6 is 22.7 Å². The first kappa shape index (κ1) is 12.3. The van der Waals surface area contributed by atoms with Gasteiger partial charge in [-0.15, -0.1) is 22.7 Å². The van der Waals surface area contributed by atoms with Crippen molar-refractivity contribution in [3.8, 4) is 10.6 Å². The third-order valence-corrected chi connectivity index (χ3v) is 5.26. The zero-order valence-electron chi connectivity index (χ0n) is 10.4. The van der Waals surface area contributed by atoms with Crippen LogP contribution in [0, 0.1) is 0 Å². The van der Waals surface area contributed by atoms with Gasteiger partial charge in [0.1, 0.15) is 5.01 Å². The summed E-state index contributed by atoms with van der Waals surface area (Å²) in [5, 5.41) is 8.91. The van der Waals surface area contributed by atoms with E-state index in [1.807, 2.05) is 0 Å². The monoisotopic (exact) mass is 279 g/mol. The number of thiophene rings is 1. The molecule has 1 unspecified atom stereocenters. The standard InChI is InChI=1S/C13H17N3S2/c1-10(16-6-4-14-5-7-16)13-15-11(9-18-13)12-3-2-8-17-12/h2-3,8-10,14H,4-7H2,1H3. The van der Waals surface area contributed by atoms with Crippen molar-refractivity contribution in [2.75, 3.05) is 26.2 Å². The summed E-state index contributed by atoms with van der Waals surface area (Å²) in [5.74, 6) is 0. The number of aromatic nitrogens is 1. The van der Waals surface area contributed by atoms with E-state index in [9.17, 15) is 0 Å². The summed E-state index contributed by atoms with van der Waals surface area (Å²) in [6, 6.07) is 4.66. The molecule has 0 spiro atoms. The van der Waals surface area contributed by atoms with Crippen LogP contribution in [0.15, 0.2) is 22.9 Å². The maximum Gasteiger partial charge on any atom is 0.110 e. The van der Waals surface area contributed by atoms with E-state index in [4.69, 9.17) is 4.98 Å². The first-order chi connectivity index (χ1) is 8.84. The van der Waals surface area contributed by atoms with Crippen molar-refractivity contribution < 1.29 is 0 Å². The third kappa shape index (κ3) is 2.49. The van der Waals surface area contributed by atoms with E-state index >= 15 is 0 Å². The summed E-state index contributed by atoms with van der Waals surface area (Å²) in [7, 11) is 0. The van der Waals surface area contributed by atoms with Crippen LogP contribution in [0.25, 0.3) is 10.6 Å². The number of thiazole rings is 1. The molecule has 2 aromatic rings. The molecule has 1 aliphatic heterocycles. The highest BCUT2D eigenvalue weighted by Gasteiger charge is 2.20. The highest BCUT2D eigenvalue weighted by molar-refractivity contribution is 7.14. The number of nitrogens with one attached hydrogen (secondary N) is 1. The lowest BCUT2D eigenvalue weighted by Crippen LogP contribution is -2.44. The predicted molar refractivity (Wildman–Crippen MR) is 78.3 cm³/mol. The van der Waals surface area contributed by atoms with E-state index in [-0.39, 0.29) is 0 Å². The largest absolute Gasteiger partial charge is 0.314 e. The van der Waals surface area contributed by atoms with Crippen molar-refractivity contribution in [3.63, 3.8) is 0 Å². The van der Waals surface area contributed by atoms with Crippen LogP contribution in [0.2, 0.25) is 0 Å². The fourth-order valence-electron chi connectivity index (χ4n) is 2.24. The van der Waals surface area contributed by atoms with Gasteiger partial charge in [-0.3, -0.25) is 4.90 Å². The van der Waals surface area contributed by atoms with Gasteiger partial charge in [0.05, 0.1) is 16.6 Å². The summed E-state index contributed by atoms with van der Waals surface area (Å²) in [5.41, 5.74) is 1.13. The van der Waals surface area contributed by atoms with Crippen LogP contribution < -0.4 is 5.32 Å². The maximum atomic E-state index is 4.79. The Kier molecular flexibility index (Phi) is 3.75. The second-order valence-corrected chi connectivity index (χ2v) is 6.35. The van der Waals surface area contributed by atoms with Crippen molar-refractivity contribution in [1.82, 2.24) is 15.2 Å². The van der Waals surface area contributed by atoms with Gasteiger partial charge in [0, 0.05) is 31.6 Å². The molecule has 3 nitrogen and oxygen atoms in total. The Balaban J connectivity index is 1.76. The third-order valence-electron chi connectivity index (χ3n) is 3.35. The predicted octanol–water partition coefficient (Wildman–Crippen LogP) is 2.84. The molecule has 0 radical (unpaired) electrons. The molecular weight excluding hydrogens is 262 g/mol. The van der Waals surface area contributed by atoms with Gasteiger partial charge in [0.25, 0.3) is 0 Å². The number of rotatable bonds is 3. The fourth-order valence-corrected chi connectivity index (χ4v) is 3.91. The van der Waals surface area contributed by atoms with E-state index < -0.39 is 0 Å². The van der Waals surface area contributed by atoms with E-state index in [2.05, 4.69) is 40.0 Å². The number of piperazine rings is 1. The summed E-state index contributed by atoms with van der Waals surface area (Å²) in [6.45, 7) is 6.69. The second kappa shape index (κ2) is 5.48. The smallest absolute Gasteiger partial charge is 0.110 e. The Morgan fingerprint density at radius 1 is 1.33 bits per heavy atom. The van der Waals surface area contributed by atoms with Gasteiger partial charge in [-0.1, -0.05) is 6.07 Å². The molecule has 1 atom stereocenters. The van der Waals surface area contributed by atoms with Crippen LogP contribution in [0.3, 0.4) is 0 Å². The van der Waals surface area contributed by atoms with Gasteiger partial charge in [0.15, 0.2) is 0 Å². The Morgan fingerprint density at radius 3 is 2.89 bits per heavy atom. The molecule has 1 fully saturated rings. The van der Waals surface area contributed by atoms with Crippen LogP contribution in [-0.2, 0) is 0 Å². The lowest BCUT2D eigenvalue weighted by Gasteiger charge is -2.31. The number of hydrogen-bond donors (Lipinski definition) is 1. The van der Waals surface area contributed by atoms with Gasteiger partial charge in [-0.25, -0.2) is 4.98 Å². The summed E-state index contributed by atoms with van der Waals surface area (Å²) in [4.78, 5) is 8.57. The summed E-state index contributed by atoms with van der Waals surface area (Å²) in [6.07, 6.45) is 0. The SMILES string of the molecule is CC(c1nc(-c2cccs2)cs1)N1CCNCC1. The second-order valence-electron chi connectivity index (χ2n) is 4.51. The van der Waals surface area contributed by atoms with Crippen LogP contribution in [0.1, 0.15) is 18.0 Å². The van der Waals surface area contributed by atoms with Crippen molar-refractivity contribution in [2.45, 2.75) is 13.0 Å². The van der Waals surface area contributed by atoms with E-state index in [0.717, 1.165) is 31.9 Å². The minimum Gasteiger partial charge on any atom is -0.314 e. The Bertz CT molecular complexity index is 486. The highest BCUT2D eigenvalue weighted by atomic mass is 32.1. The molecule has 1 N–H and O–H groups in total. The van der Waals surface area contributed by atoms with E-state index in [0.29, 0.717) is 6.04 Å².